The summed E-state index contributed by atoms with van der Waals surface area (Å²) in [5.74, 6) is 0. The SMILES string of the molecule is CS(=O)(=O)NC1CCN(C2CCCC2)CC1. The predicted octanol–water partition coefficient (Wildman–Crippen LogP) is 0.943. The van der Waals surface area contributed by atoms with Gasteiger partial charge in [0, 0.05) is 12.1 Å². The van der Waals surface area contributed by atoms with Crippen LogP contribution >= 0.6 is 0 Å². The first-order valence-electron chi connectivity index (χ1n) is 6.26. The molecule has 5 heteroatoms. The van der Waals surface area contributed by atoms with Crippen LogP contribution in [0.3, 0.4) is 0 Å². The van der Waals surface area contributed by atoms with Crippen molar-refractivity contribution in [1.29, 1.82) is 0 Å². The molecule has 1 heterocycles. The van der Waals surface area contributed by atoms with Crippen LogP contribution in [0, 0.1) is 0 Å². The van der Waals surface area contributed by atoms with Crippen molar-refractivity contribution in [2.24, 2.45) is 0 Å². The molecule has 1 aliphatic heterocycles. The van der Waals surface area contributed by atoms with Gasteiger partial charge < -0.3 is 4.90 Å². The summed E-state index contributed by atoms with van der Waals surface area (Å²) in [5, 5.41) is 0. The Balaban J connectivity index is 1.78. The third-order valence-electron chi connectivity index (χ3n) is 3.75. The average molecular weight is 246 g/mol. The van der Waals surface area contributed by atoms with Crippen molar-refractivity contribution in [3.8, 4) is 0 Å². The van der Waals surface area contributed by atoms with E-state index >= 15 is 0 Å². The second-order valence-corrected chi connectivity index (χ2v) is 6.92. The summed E-state index contributed by atoms with van der Waals surface area (Å²) in [5.41, 5.74) is 0. The topological polar surface area (TPSA) is 49.4 Å². The van der Waals surface area contributed by atoms with Crippen LogP contribution < -0.4 is 4.72 Å². The lowest BCUT2D eigenvalue weighted by Crippen LogP contribution is -2.47. The Morgan fingerprint density at radius 1 is 1.06 bits per heavy atom. The van der Waals surface area contributed by atoms with Gasteiger partial charge in [-0.2, -0.15) is 0 Å². The number of hydrogen-bond acceptors (Lipinski definition) is 3. The molecule has 0 radical (unpaired) electrons. The average Bonchev–Trinajstić information content (AvgIpc) is 2.69. The fourth-order valence-corrected chi connectivity index (χ4v) is 3.80. The monoisotopic (exact) mass is 246 g/mol. The minimum Gasteiger partial charge on any atom is -0.300 e. The molecular formula is C11H22N2O2S. The maximum atomic E-state index is 11.1. The van der Waals surface area contributed by atoms with Crippen LogP contribution in [-0.2, 0) is 10.0 Å². The maximum Gasteiger partial charge on any atom is 0.208 e. The highest BCUT2D eigenvalue weighted by Gasteiger charge is 2.27. The minimum atomic E-state index is -3.03. The van der Waals surface area contributed by atoms with Gasteiger partial charge in [-0.15, -0.1) is 0 Å². The molecule has 1 aliphatic carbocycles. The Labute approximate surface area is 98.4 Å². The normalized spacial score (nSPS) is 26.3. The van der Waals surface area contributed by atoms with Gasteiger partial charge in [0.15, 0.2) is 0 Å². The zero-order valence-electron chi connectivity index (χ0n) is 9.98. The van der Waals surface area contributed by atoms with Crippen molar-refractivity contribution in [2.45, 2.75) is 50.6 Å². The number of likely N-dealkylation sites (tertiary alicyclic amines) is 1. The third-order valence-corrected chi connectivity index (χ3v) is 4.51. The Morgan fingerprint density at radius 2 is 1.62 bits per heavy atom. The molecule has 0 amide bonds. The van der Waals surface area contributed by atoms with Gasteiger partial charge in [-0.25, -0.2) is 13.1 Å². The van der Waals surface area contributed by atoms with Gasteiger partial charge >= 0.3 is 0 Å². The van der Waals surface area contributed by atoms with Crippen LogP contribution in [0.15, 0.2) is 0 Å². The summed E-state index contributed by atoms with van der Waals surface area (Å²) >= 11 is 0. The zero-order chi connectivity index (χ0) is 11.6. The lowest BCUT2D eigenvalue weighted by molar-refractivity contribution is 0.151. The van der Waals surface area contributed by atoms with Crippen molar-refractivity contribution in [3.63, 3.8) is 0 Å². The van der Waals surface area contributed by atoms with Gasteiger partial charge in [-0.05, 0) is 38.8 Å². The third kappa shape index (κ3) is 3.43. The summed E-state index contributed by atoms with van der Waals surface area (Å²) in [6, 6.07) is 0.937. The first kappa shape index (κ1) is 12.3. The maximum absolute atomic E-state index is 11.1. The molecule has 4 nitrogen and oxygen atoms in total. The fraction of sp³-hybridized carbons (Fsp3) is 1.00. The van der Waals surface area contributed by atoms with Crippen LogP contribution in [0.4, 0.5) is 0 Å². The van der Waals surface area contributed by atoms with Gasteiger partial charge in [-0.3, -0.25) is 0 Å². The van der Waals surface area contributed by atoms with Crippen LogP contribution in [0.5, 0.6) is 0 Å². The van der Waals surface area contributed by atoms with Crippen molar-refractivity contribution in [3.05, 3.63) is 0 Å². The quantitative estimate of drug-likeness (QED) is 0.806. The molecular weight excluding hydrogens is 224 g/mol. The van der Waals surface area contributed by atoms with Gasteiger partial charge in [0.05, 0.1) is 6.26 Å². The Morgan fingerprint density at radius 3 is 2.12 bits per heavy atom. The Bertz CT molecular complexity index is 315. The second kappa shape index (κ2) is 5.02. The molecule has 2 rings (SSSR count). The van der Waals surface area contributed by atoms with Gasteiger partial charge in [0.25, 0.3) is 0 Å². The number of hydrogen-bond donors (Lipinski definition) is 1. The van der Waals surface area contributed by atoms with Gasteiger partial charge in [-0.1, -0.05) is 12.8 Å². The molecule has 0 aromatic carbocycles. The number of nitrogens with zero attached hydrogens (tertiary/aromatic N) is 1. The van der Waals surface area contributed by atoms with E-state index < -0.39 is 10.0 Å². The molecule has 94 valence electrons. The summed E-state index contributed by atoms with van der Waals surface area (Å²) in [7, 11) is -3.03. The van der Waals surface area contributed by atoms with Crippen LogP contribution in [0.1, 0.15) is 38.5 Å². The first-order chi connectivity index (χ1) is 7.54. The van der Waals surface area contributed by atoms with Gasteiger partial charge in [0.1, 0.15) is 0 Å². The lowest BCUT2D eigenvalue weighted by Gasteiger charge is -2.35. The number of rotatable bonds is 3. The highest BCUT2D eigenvalue weighted by molar-refractivity contribution is 7.88. The first-order valence-corrected chi connectivity index (χ1v) is 8.15. The van der Waals surface area contributed by atoms with Crippen molar-refractivity contribution < 1.29 is 8.42 Å². The zero-order valence-corrected chi connectivity index (χ0v) is 10.8. The molecule has 1 saturated heterocycles. The fourth-order valence-electron chi connectivity index (χ4n) is 2.95. The van der Waals surface area contributed by atoms with Crippen LogP contribution in [0.2, 0.25) is 0 Å². The summed E-state index contributed by atoms with van der Waals surface area (Å²) < 4.78 is 24.9. The largest absolute Gasteiger partial charge is 0.300 e. The highest BCUT2D eigenvalue weighted by Crippen LogP contribution is 2.26. The standard InChI is InChI=1S/C11H22N2O2S/c1-16(14,15)12-10-6-8-13(9-7-10)11-4-2-3-5-11/h10-12H,2-9H2,1H3. The minimum absolute atomic E-state index is 0.160. The van der Waals surface area contributed by atoms with E-state index in [-0.39, 0.29) is 6.04 Å². The number of piperidine rings is 1. The van der Waals surface area contributed by atoms with E-state index in [1.54, 1.807) is 0 Å². The Hall–Kier alpha value is -0.130. The summed E-state index contributed by atoms with van der Waals surface area (Å²) in [4.78, 5) is 2.55. The van der Waals surface area contributed by atoms with E-state index in [2.05, 4.69) is 9.62 Å². The van der Waals surface area contributed by atoms with E-state index in [4.69, 9.17) is 0 Å². The Kier molecular flexibility index (Phi) is 3.87. The number of sulfonamides is 1. The van der Waals surface area contributed by atoms with E-state index in [0.717, 1.165) is 32.0 Å². The molecule has 0 bridgehead atoms. The van der Waals surface area contributed by atoms with E-state index in [1.165, 1.54) is 31.9 Å². The number of nitrogens with one attached hydrogen (secondary N) is 1. The molecule has 0 aromatic rings. The van der Waals surface area contributed by atoms with Crippen LogP contribution in [-0.4, -0.2) is 44.7 Å². The molecule has 0 spiro atoms. The molecule has 16 heavy (non-hydrogen) atoms. The molecule has 1 N–H and O–H groups in total. The summed E-state index contributed by atoms with van der Waals surface area (Å²) in [6.07, 6.45) is 8.58. The molecule has 2 fully saturated rings. The molecule has 0 aromatic heterocycles. The predicted molar refractivity (Wildman–Crippen MR) is 64.8 cm³/mol. The summed E-state index contributed by atoms with van der Waals surface area (Å²) in [6.45, 7) is 2.11. The second-order valence-electron chi connectivity index (χ2n) is 5.14. The van der Waals surface area contributed by atoms with Crippen LogP contribution in [0.25, 0.3) is 0 Å². The molecule has 0 unspecified atom stereocenters. The van der Waals surface area contributed by atoms with Gasteiger partial charge in [0.2, 0.25) is 10.0 Å². The van der Waals surface area contributed by atoms with Crippen molar-refractivity contribution in [1.82, 2.24) is 9.62 Å². The molecule has 2 aliphatic rings. The molecule has 0 atom stereocenters. The highest BCUT2D eigenvalue weighted by atomic mass is 32.2. The van der Waals surface area contributed by atoms with E-state index in [9.17, 15) is 8.42 Å². The van der Waals surface area contributed by atoms with Crippen molar-refractivity contribution >= 4 is 10.0 Å². The van der Waals surface area contributed by atoms with Crippen molar-refractivity contribution in [2.75, 3.05) is 19.3 Å². The smallest absolute Gasteiger partial charge is 0.208 e. The van der Waals surface area contributed by atoms with E-state index in [1.807, 2.05) is 0 Å². The molecule has 1 saturated carbocycles. The van der Waals surface area contributed by atoms with E-state index in [0.29, 0.717) is 0 Å². The lowest BCUT2D eigenvalue weighted by atomic mass is 10.0.